The zero-order valence-corrected chi connectivity index (χ0v) is 11.8. The fourth-order valence-corrected chi connectivity index (χ4v) is 2.51. The van der Waals surface area contributed by atoms with E-state index in [0.29, 0.717) is 0 Å². The van der Waals surface area contributed by atoms with Gasteiger partial charge in [0.2, 0.25) is 0 Å². The predicted molar refractivity (Wildman–Crippen MR) is 82.8 cm³/mol. The summed E-state index contributed by atoms with van der Waals surface area (Å²) in [6.45, 7) is 9.36. The first kappa shape index (κ1) is 13.9. The van der Waals surface area contributed by atoms with Crippen LogP contribution in [0.1, 0.15) is 25.3 Å². The van der Waals surface area contributed by atoms with E-state index in [-0.39, 0.29) is 0 Å². The number of hydrogen-bond donors (Lipinski definition) is 2. The summed E-state index contributed by atoms with van der Waals surface area (Å²) >= 11 is 0. The van der Waals surface area contributed by atoms with Crippen LogP contribution in [0.3, 0.4) is 0 Å². The lowest BCUT2D eigenvalue weighted by atomic mass is 9.97. The Hall–Kier alpha value is -1.54. The Labute approximate surface area is 116 Å². The van der Waals surface area contributed by atoms with Crippen LogP contribution in [0.15, 0.2) is 48.6 Å². The van der Waals surface area contributed by atoms with E-state index in [1.165, 1.54) is 29.7 Å². The summed E-state index contributed by atoms with van der Waals surface area (Å²) in [6.07, 6.45) is 4.46. The maximum absolute atomic E-state index is 3.89. The van der Waals surface area contributed by atoms with Gasteiger partial charge in [-0.25, -0.2) is 0 Å². The molecule has 19 heavy (non-hydrogen) atoms. The Kier molecular flexibility index (Phi) is 5.22. The highest BCUT2D eigenvalue weighted by Gasteiger charge is 2.13. The van der Waals surface area contributed by atoms with Crippen LogP contribution in [0.5, 0.6) is 0 Å². The summed E-state index contributed by atoms with van der Waals surface area (Å²) in [7, 11) is 0. The first-order valence-corrected chi connectivity index (χ1v) is 7.14. The van der Waals surface area contributed by atoms with Crippen molar-refractivity contribution in [1.29, 1.82) is 0 Å². The standard InChI is InChI=1S/C17H24N2/c1-3-14(2)17(16-7-5-4-6-8-16)19-13-15-9-11-18-12-10-15/h3-8,15,18-19H,1,9-13H2,2H3/b17-14-. The maximum Gasteiger partial charge on any atom is 0.0443 e. The third-order valence-electron chi connectivity index (χ3n) is 3.79. The van der Waals surface area contributed by atoms with Crippen LogP contribution in [0.2, 0.25) is 0 Å². The Morgan fingerprint density at radius 2 is 2.00 bits per heavy atom. The molecule has 1 aromatic carbocycles. The van der Waals surface area contributed by atoms with Crippen molar-refractivity contribution >= 4 is 5.70 Å². The van der Waals surface area contributed by atoms with Gasteiger partial charge in [-0.2, -0.15) is 0 Å². The van der Waals surface area contributed by atoms with Crippen molar-refractivity contribution in [3.63, 3.8) is 0 Å². The molecule has 1 aliphatic heterocycles. The fraction of sp³-hybridized carbons (Fsp3) is 0.412. The summed E-state index contributed by atoms with van der Waals surface area (Å²) in [6, 6.07) is 10.5. The smallest absolute Gasteiger partial charge is 0.0443 e. The van der Waals surface area contributed by atoms with Crippen LogP contribution in [0, 0.1) is 5.92 Å². The van der Waals surface area contributed by atoms with Crippen LogP contribution in [-0.2, 0) is 0 Å². The molecule has 1 aromatic rings. The SMILES string of the molecule is C=C/C(C)=C(\NCC1CCNCC1)c1ccccc1. The highest BCUT2D eigenvalue weighted by atomic mass is 14.9. The molecule has 2 heteroatoms. The molecule has 0 atom stereocenters. The molecule has 2 N–H and O–H groups in total. The third kappa shape index (κ3) is 3.97. The van der Waals surface area contributed by atoms with Crippen LogP contribution >= 0.6 is 0 Å². The number of piperidine rings is 1. The zero-order valence-electron chi connectivity index (χ0n) is 11.8. The molecule has 102 valence electrons. The van der Waals surface area contributed by atoms with Gasteiger partial charge in [0.15, 0.2) is 0 Å². The van der Waals surface area contributed by atoms with Gasteiger partial charge in [-0.3, -0.25) is 0 Å². The van der Waals surface area contributed by atoms with E-state index >= 15 is 0 Å². The molecule has 1 saturated heterocycles. The first-order chi connectivity index (χ1) is 9.31. The van der Waals surface area contributed by atoms with Crippen molar-refractivity contribution in [2.24, 2.45) is 5.92 Å². The average molecular weight is 256 g/mol. The molecule has 0 saturated carbocycles. The Balaban J connectivity index is 2.05. The highest BCUT2D eigenvalue weighted by Crippen LogP contribution is 2.18. The van der Waals surface area contributed by atoms with Crippen LogP contribution in [0.25, 0.3) is 5.70 Å². The summed E-state index contributed by atoms with van der Waals surface area (Å²) < 4.78 is 0. The topological polar surface area (TPSA) is 24.1 Å². The lowest BCUT2D eigenvalue weighted by molar-refractivity contribution is 0.370. The molecule has 0 radical (unpaired) electrons. The molecular formula is C17H24N2. The molecule has 0 amide bonds. The predicted octanol–water partition coefficient (Wildman–Crippen LogP) is 3.19. The monoisotopic (exact) mass is 256 g/mol. The van der Waals surface area contributed by atoms with Crippen LogP contribution < -0.4 is 10.6 Å². The number of nitrogens with one attached hydrogen (secondary N) is 2. The van der Waals surface area contributed by atoms with Crippen LogP contribution in [0.4, 0.5) is 0 Å². The van der Waals surface area contributed by atoms with E-state index < -0.39 is 0 Å². The van der Waals surface area contributed by atoms with E-state index in [9.17, 15) is 0 Å². The molecule has 0 aliphatic carbocycles. The van der Waals surface area contributed by atoms with Crippen molar-refractivity contribution < 1.29 is 0 Å². The molecule has 1 aliphatic rings. The lowest BCUT2D eigenvalue weighted by Crippen LogP contribution is -2.33. The summed E-state index contributed by atoms with van der Waals surface area (Å²) in [5.74, 6) is 0.776. The molecular weight excluding hydrogens is 232 g/mol. The number of hydrogen-bond acceptors (Lipinski definition) is 2. The van der Waals surface area contributed by atoms with Crippen LogP contribution in [-0.4, -0.2) is 19.6 Å². The minimum atomic E-state index is 0.776. The molecule has 1 heterocycles. The summed E-state index contributed by atoms with van der Waals surface area (Å²) in [5, 5.41) is 7.05. The first-order valence-electron chi connectivity index (χ1n) is 7.14. The molecule has 1 fully saturated rings. The van der Waals surface area contributed by atoms with E-state index in [1.807, 2.05) is 6.08 Å². The lowest BCUT2D eigenvalue weighted by Gasteiger charge is -2.24. The summed E-state index contributed by atoms with van der Waals surface area (Å²) in [4.78, 5) is 0. The Morgan fingerprint density at radius 3 is 2.63 bits per heavy atom. The average Bonchev–Trinajstić information content (AvgIpc) is 2.49. The van der Waals surface area contributed by atoms with E-state index in [0.717, 1.165) is 25.6 Å². The molecule has 0 bridgehead atoms. The van der Waals surface area contributed by atoms with E-state index in [1.54, 1.807) is 0 Å². The Morgan fingerprint density at radius 1 is 1.32 bits per heavy atom. The van der Waals surface area contributed by atoms with Gasteiger partial charge in [0.05, 0.1) is 0 Å². The van der Waals surface area contributed by atoms with Gasteiger partial charge in [0, 0.05) is 12.2 Å². The van der Waals surface area contributed by atoms with Gasteiger partial charge in [-0.1, -0.05) is 43.0 Å². The van der Waals surface area contributed by atoms with Crippen molar-refractivity contribution in [1.82, 2.24) is 10.6 Å². The quantitative estimate of drug-likeness (QED) is 0.791. The highest BCUT2D eigenvalue weighted by molar-refractivity contribution is 5.68. The van der Waals surface area contributed by atoms with Gasteiger partial charge in [-0.05, 0) is 49.9 Å². The molecule has 2 nitrogen and oxygen atoms in total. The zero-order chi connectivity index (χ0) is 13.5. The number of allylic oxidation sites excluding steroid dienone is 2. The second-order valence-corrected chi connectivity index (χ2v) is 5.20. The minimum Gasteiger partial charge on any atom is -0.384 e. The van der Waals surface area contributed by atoms with Crippen molar-refractivity contribution in [2.45, 2.75) is 19.8 Å². The van der Waals surface area contributed by atoms with Crippen molar-refractivity contribution in [2.75, 3.05) is 19.6 Å². The van der Waals surface area contributed by atoms with E-state index in [4.69, 9.17) is 0 Å². The van der Waals surface area contributed by atoms with Crippen molar-refractivity contribution in [3.8, 4) is 0 Å². The maximum atomic E-state index is 3.89. The largest absolute Gasteiger partial charge is 0.384 e. The van der Waals surface area contributed by atoms with Gasteiger partial charge in [0.25, 0.3) is 0 Å². The Bertz CT molecular complexity index is 428. The van der Waals surface area contributed by atoms with Gasteiger partial charge in [0.1, 0.15) is 0 Å². The second kappa shape index (κ2) is 7.15. The number of benzene rings is 1. The van der Waals surface area contributed by atoms with Gasteiger partial charge >= 0.3 is 0 Å². The molecule has 0 unspecified atom stereocenters. The van der Waals surface area contributed by atoms with E-state index in [2.05, 4.69) is 54.5 Å². The van der Waals surface area contributed by atoms with Crippen molar-refractivity contribution in [3.05, 3.63) is 54.1 Å². The third-order valence-corrected chi connectivity index (χ3v) is 3.79. The van der Waals surface area contributed by atoms with Gasteiger partial charge < -0.3 is 10.6 Å². The summed E-state index contributed by atoms with van der Waals surface area (Å²) in [5.41, 5.74) is 3.67. The minimum absolute atomic E-state index is 0.776. The molecule has 0 aromatic heterocycles. The second-order valence-electron chi connectivity index (χ2n) is 5.20. The fourth-order valence-electron chi connectivity index (χ4n) is 2.51. The van der Waals surface area contributed by atoms with Gasteiger partial charge in [-0.15, -0.1) is 0 Å². The number of rotatable bonds is 5. The normalized spacial score (nSPS) is 17.7. The molecule has 0 spiro atoms. The molecule has 2 rings (SSSR count).